The van der Waals surface area contributed by atoms with Crippen LogP contribution in [0.3, 0.4) is 0 Å². The van der Waals surface area contributed by atoms with E-state index < -0.39 is 10.0 Å². The summed E-state index contributed by atoms with van der Waals surface area (Å²) in [7, 11) is -4.00. The molecule has 120 valence electrons. The van der Waals surface area contributed by atoms with E-state index in [2.05, 4.69) is 4.98 Å². The fraction of sp³-hybridized carbons (Fsp3) is 0.467. The summed E-state index contributed by atoms with van der Waals surface area (Å²) in [5.41, 5.74) is 1.36. The van der Waals surface area contributed by atoms with E-state index in [0.717, 1.165) is 0 Å². The van der Waals surface area contributed by atoms with Gasteiger partial charge in [0, 0.05) is 30.3 Å². The van der Waals surface area contributed by atoms with Crippen molar-refractivity contribution < 1.29 is 13.2 Å². The Morgan fingerprint density at radius 1 is 1.32 bits per heavy atom. The van der Waals surface area contributed by atoms with Gasteiger partial charge in [0.1, 0.15) is 5.69 Å². The van der Waals surface area contributed by atoms with E-state index in [0.29, 0.717) is 17.7 Å². The highest BCUT2D eigenvalue weighted by atomic mass is 32.2. The van der Waals surface area contributed by atoms with Crippen molar-refractivity contribution in [2.75, 3.05) is 0 Å². The molecule has 2 N–H and O–H groups in total. The van der Waals surface area contributed by atoms with Crippen LogP contribution >= 0.6 is 0 Å². The minimum absolute atomic E-state index is 0.139. The number of aromatic nitrogens is 1. The summed E-state index contributed by atoms with van der Waals surface area (Å²) >= 11 is 0. The molecule has 22 heavy (non-hydrogen) atoms. The number of hydrogen-bond acceptors (Lipinski definition) is 5. The fourth-order valence-electron chi connectivity index (χ4n) is 2.30. The number of sulfonamides is 1. The highest BCUT2D eigenvalue weighted by Crippen LogP contribution is 2.27. The second kappa shape index (κ2) is 5.81. The van der Waals surface area contributed by atoms with Gasteiger partial charge in [-0.05, 0) is 31.6 Å². The van der Waals surface area contributed by atoms with Crippen molar-refractivity contribution in [1.82, 2.24) is 9.88 Å². The molecule has 6 nitrogen and oxygen atoms in total. The van der Waals surface area contributed by atoms with Crippen LogP contribution in [-0.4, -0.2) is 30.1 Å². The normalized spacial score (nSPS) is 14.6. The summed E-state index contributed by atoms with van der Waals surface area (Å²) in [6.45, 7) is 7.91. The maximum atomic E-state index is 12.1. The molecule has 7 heteroatoms. The van der Waals surface area contributed by atoms with Crippen LogP contribution in [0.5, 0.6) is 0 Å². The Hall–Kier alpha value is -1.73. The highest BCUT2D eigenvalue weighted by molar-refractivity contribution is 7.89. The van der Waals surface area contributed by atoms with E-state index in [-0.39, 0.29) is 28.5 Å². The number of Topliss-reactive ketones (excluding diaryl/α,β-unsaturated/α-hetero) is 1. The first-order chi connectivity index (χ1) is 10.1. The Morgan fingerprint density at radius 2 is 1.95 bits per heavy atom. The lowest BCUT2D eigenvalue weighted by atomic mass is 10.00. The molecule has 0 aliphatic carbocycles. The Bertz CT molecular complexity index is 737. The Labute approximate surface area is 131 Å². The van der Waals surface area contributed by atoms with Crippen molar-refractivity contribution in [2.45, 2.75) is 45.3 Å². The summed E-state index contributed by atoms with van der Waals surface area (Å²) in [4.78, 5) is 18.2. The van der Waals surface area contributed by atoms with Gasteiger partial charge >= 0.3 is 0 Å². The first kappa shape index (κ1) is 16.6. The van der Waals surface area contributed by atoms with Gasteiger partial charge in [0.25, 0.3) is 10.0 Å². The van der Waals surface area contributed by atoms with Crippen molar-refractivity contribution in [2.24, 2.45) is 11.1 Å². The minimum Gasteiger partial charge on any atom is -0.371 e. The van der Waals surface area contributed by atoms with E-state index in [9.17, 15) is 13.2 Å². The zero-order valence-electron chi connectivity index (χ0n) is 13.2. The number of fused-ring (bicyclic) bond motifs is 1. The number of pyridine rings is 1. The van der Waals surface area contributed by atoms with Gasteiger partial charge in [-0.1, -0.05) is 13.8 Å². The lowest BCUT2D eigenvalue weighted by molar-refractivity contribution is 0.0933. The van der Waals surface area contributed by atoms with Gasteiger partial charge in [-0.2, -0.15) is 0 Å². The summed E-state index contributed by atoms with van der Waals surface area (Å²) in [6, 6.07) is 1.86. The maximum absolute atomic E-state index is 12.1. The van der Waals surface area contributed by atoms with Gasteiger partial charge in [0.05, 0.1) is 0 Å². The number of rotatable bonds is 4. The van der Waals surface area contributed by atoms with Gasteiger partial charge in [0.15, 0.2) is 10.8 Å². The van der Waals surface area contributed by atoms with Crippen LogP contribution in [0.1, 0.15) is 49.3 Å². The van der Waals surface area contributed by atoms with Crippen LogP contribution in [0.15, 0.2) is 17.3 Å². The van der Waals surface area contributed by atoms with E-state index in [1.54, 1.807) is 26.0 Å². The smallest absolute Gasteiger partial charge is 0.255 e. The van der Waals surface area contributed by atoms with Crippen molar-refractivity contribution >= 4 is 21.9 Å². The molecule has 2 heterocycles. The summed E-state index contributed by atoms with van der Waals surface area (Å²) < 4.78 is 23.8. The highest BCUT2D eigenvalue weighted by Gasteiger charge is 2.26. The minimum atomic E-state index is -4.00. The molecule has 0 saturated carbocycles. The van der Waals surface area contributed by atoms with Crippen LogP contribution < -0.4 is 5.14 Å². The van der Waals surface area contributed by atoms with Gasteiger partial charge in [-0.25, -0.2) is 18.5 Å². The second-order valence-electron chi connectivity index (χ2n) is 6.03. The molecule has 2 rings (SSSR count). The molecule has 0 radical (unpaired) electrons. The predicted octanol–water partition coefficient (Wildman–Crippen LogP) is 1.76. The summed E-state index contributed by atoms with van der Waals surface area (Å²) in [5, 5.41) is 5.10. The lowest BCUT2D eigenvalue weighted by Crippen LogP contribution is -2.30. The molecule has 1 aliphatic heterocycles. The molecule has 0 saturated heterocycles. The third-order valence-electron chi connectivity index (χ3n) is 3.62. The summed E-state index contributed by atoms with van der Waals surface area (Å²) in [6.07, 6.45) is 3.69. The lowest BCUT2D eigenvalue weighted by Gasteiger charge is -2.29. The molecule has 1 aromatic heterocycles. The van der Waals surface area contributed by atoms with Crippen molar-refractivity contribution in [3.8, 4) is 0 Å². The fourth-order valence-corrected chi connectivity index (χ4v) is 3.05. The third kappa shape index (κ3) is 3.20. The van der Waals surface area contributed by atoms with Crippen molar-refractivity contribution in [3.63, 3.8) is 0 Å². The second-order valence-corrected chi connectivity index (χ2v) is 7.50. The van der Waals surface area contributed by atoms with Gasteiger partial charge in [0.2, 0.25) is 0 Å². The molecule has 1 aromatic rings. The van der Waals surface area contributed by atoms with Gasteiger partial charge in [-0.15, -0.1) is 0 Å². The first-order valence-electron chi connectivity index (χ1n) is 7.16. The van der Waals surface area contributed by atoms with E-state index >= 15 is 0 Å². The predicted molar refractivity (Wildman–Crippen MR) is 84.5 cm³/mol. The Kier molecular flexibility index (Phi) is 4.39. The number of primary sulfonamides is 1. The van der Waals surface area contributed by atoms with E-state index in [4.69, 9.17) is 5.14 Å². The zero-order valence-corrected chi connectivity index (χ0v) is 14.0. The molecule has 0 atom stereocenters. The Morgan fingerprint density at radius 3 is 2.45 bits per heavy atom. The molecular weight excluding hydrogens is 302 g/mol. The van der Waals surface area contributed by atoms with Crippen molar-refractivity contribution in [1.29, 1.82) is 0 Å². The molecular formula is C15H21N3O3S. The van der Waals surface area contributed by atoms with E-state index in [1.807, 2.05) is 24.9 Å². The molecule has 0 spiro atoms. The average Bonchev–Trinajstić information content (AvgIpc) is 2.43. The average molecular weight is 323 g/mol. The van der Waals surface area contributed by atoms with E-state index in [1.165, 1.54) is 0 Å². The number of carbonyl (C=O) groups excluding carboxylic acids is 1. The zero-order chi connectivity index (χ0) is 16.7. The van der Waals surface area contributed by atoms with Crippen LogP contribution in [0, 0.1) is 5.92 Å². The van der Waals surface area contributed by atoms with Crippen LogP contribution in [0.25, 0.3) is 6.08 Å². The quantitative estimate of drug-likeness (QED) is 0.852. The van der Waals surface area contributed by atoms with Crippen LogP contribution in [0.4, 0.5) is 0 Å². The molecule has 0 aromatic carbocycles. The molecule has 0 bridgehead atoms. The molecule has 0 amide bonds. The Balaban J connectivity index is 2.64. The topological polar surface area (TPSA) is 93.4 Å². The number of ketones is 1. The van der Waals surface area contributed by atoms with Gasteiger partial charge in [-0.3, -0.25) is 4.79 Å². The number of carbonyl (C=O) groups is 1. The van der Waals surface area contributed by atoms with Crippen LogP contribution in [0.2, 0.25) is 0 Å². The van der Waals surface area contributed by atoms with Crippen LogP contribution in [-0.2, 0) is 16.6 Å². The maximum Gasteiger partial charge on any atom is 0.255 e. The number of nitrogens with two attached hydrogens (primary N) is 1. The number of nitrogens with zero attached hydrogens (tertiary/aromatic N) is 2. The molecule has 0 unspecified atom stereocenters. The molecule has 0 fully saturated rings. The van der Waals surface area contributed by atoms with Crippen molar-refractivity contribution in [3.05, 3.63) is 29.1 Å². The summed E-state index contributed by atoms with van der Waals surface area (Å²) in [5.74, 6) is -0.467. The number of hydrogen-bond donors (Lipinski definition) is 1. The van der Waals surface area contributed by atoms with Gasteiger partial charge < -0.3 is 4.90 Å². The SMILES string of the molecule is CC(C)C(=O)c1cc2c(c(S(N)(=O)=O)n1)CN(C(C)C)C=C2. The molecule has 1 aliphatic rings. The largest absolute Gasteiger partial charge is 0.371 e. The first-order valence-corrected chi connectivity index (χ1v) is 8.70. The third-order valence-corrected chi connectivity index (χ3v) is 4.49. The standard InChI is InChI=1S/C15H21N3O3S/c1-9(2)14(19)13-7-11-5-6-18(10(3)4)8-12(11)15(17-13)22(16,20)21/h5-7,9-10H,8H2,1-4H3,(H2,16,20,21). The monoisotopic (exact) mass is 323 g/mol.